The molecule has 3 aromatic rings. The monoisotopic (exact) mass is 384 g/mol. The molecule has 140 valence electrons. The van der Waals surface area contributed by atoms with Gasteiger partial charge in [0.1, 0.15) is 0 Å². The van der Waals surface area contributed by atoms with Crippen molar-refractivity contribution in [2.45, 2.75) is 25.3 Å². The van der Waals surface area contributed by atoms with Crippen molar-refractivity contribution in [3.8, 4) is 5.69 Å². The molecule has 1 aromatic heterocycles. The Bertz CT molecular complexity index is 1120. The standard InChI is InChI=1S/C20H20N2O4S/c1-15-14-21(12-13-27(25,26)19-6-4-3-5-7-19)20(24)22(15)18-10-8-17(9-11-18)16(2)23/h3-11,14H,12-13H2,1-2H3. The quantitative estimate of drug-likeness (QED) is 0.612. The lowest BCUT2D eigenvalue weighted by Gasteiger charge is -2.06. The van der Waals surface area contributed by atoms with Crippen LogP contribution in [0.25, 0.3) is 5.69 Å². The summed E-state index contributed by atoms with van der Waals surface area (Å²) >= 11 is 0. The van der Waals surface area contributed by atoms with Crippen LogP contribution < -0.4 is 5.69 Å². The van der Waals surface area contributed by atoms with Gasteiger partial charge in [-0.15, -0.1) is 0 Å². The van der Waals surface area contributed by atoms with E-state index in [1.807, 2.05) is 0 Å². The zero-order valence-corrected chi connectivity index (χ0v) is 15.9. The number of rotatable bonds is 6. The molecule has 27 heavy (non-hydrogen) atoms. The number of ketones is 1. The number of Topliss-reactive ketones (excluding diaryl/α,β-unsaturated/α-hetero) is 1. The molecule has 0 saturated carbocycles. The third-order valence-corrected chi connectivity index (χ3v) is 6.08. The number of carbonyl (C=O) groups excluding carboxylic acids is 1. The summed E-state index contributed by atoms with van der Waals surface area (Å²) in [6, 6.07) is 14.9. The van der Waals surface area contributed by atoms with Crippen LogP contribution in [0.2, 0.25) is 0 Å². The molecule has 0 saturated heterocycles. The molecule has 0 fully saturated rings. The van der Waals surface area contributed by atoms with Gasteiger partial charge < -0.3 is 0 Å². The SMILES string of the molecule is CC(=O)c1ccc(-n2c(C)cn(CCS(=O)(=O)c3ccccc3)c2=O)cc1. The van der Waals surface area contributed by atoms with E-state index in [-0.39, 0.29) is 28.7 Å². The van der Waals surface area contributed by atoms with Gasteiger partial charge in [-0.3, -0.25) is 13.9 Å². The van der Waals surface area contributed by atoms with E-state index >= 15 is 0 Å². The van der Waals surface area contributed by atoms with Crippen molar-refractivity contribution < 1.29 is 13.2 Å². The fourth-order valence-electron chi connectivity index (χ4n) is 2.90. The number of carbonyl (C=O) groups is 1. The van der Waals surface area contributed by atoms with Crippen molar-refractivity contribution in [2.75, 3.05) is 5.75 Å². The number of nitrogens with zero attached hydrogens (tertiary/aromatic N) is 2. The average Bonchev–Trinajstić information content (AvgIpc) is 2.94. The summed E-state index contributed by atoms with van der Waals surface area (Å²) in [6.07, 6.45) is 1.64. The van der Waals surface area contributed by atoms with Gasteiger partial charge in [0.25, 0.3) is 0 Å². The topological polar surface area (TPSA) is 78.1 Å². The number of imidazole rings is 1. The molecule has 0 aliphatic rings. The van der Waals surface area contributed by atoms with Gasteiger partial charge in [-0.05, 0) is 50.2 Å². The van der Waals surface area contributed by atoms with Crippen LogP contribution in [0.1, 0.15) is 23.0 Å². The van der Waals surface area contributed by atoms with Crippen molar-refractivity contribution in [3.63, 3.8) is 0 Å². The molecule has 3 rings (SSSR count). The Morgan fingerprint density at radius 3 is 2.22 bits per heavy atom. The fraction of sp³-hybridized carbons (Fsp3) is 0.200. The molecule has 0 unspecified atom stereocenters. The van der Waals surface area contributed by atoms with Crippen LogP contribution in [0, 0.1) is 6.92 Å². The molecule has 0 radical (unpaired) electrons. The van der Waals surface area contributed by atoms with Crippen LogP contribution in [0.3, 0.4) is 0 Å². The first-order valence-electron chi connectivity index (χ1n) is 8.47. The number of benzene rings is 2. The van der Waals surface area contributed by atoms with Crippen LogP contribution in [0.4, 0.5) is 0 Å². The minimum atomic E-state index is -3.47. The summed E-state index contributed by atoms with van der Waals surface area (Å²) < 4.78 is 27.7. The maximum atomic E-state index is 12.7. The largest absolute Gasteiger partial charge is 0.332 e. The van der Waals surface area contributed by atoms with Gasteiger partial charge in [0.2, 0.25) is 0 Å². The summed E-state index contributed by atoms with van der Waals surface area (Å²) in [4.78, 5) is 24.4. The third kappa shape index (κ3) is 3.93. The average molecular weight is 384 g/mol. The van der Waals surface area contributed by atoms with E-state index in [2.05, 4.69) is 0 Å². The Morgan fingerprint density at radius 1 is 1.00 bits per heavy atom. The lowest BCUT2D eigenvalue weighted by Crippen LogP contribution is -2.26. The van der Waals surface area contributed by atoms with Gasteiger partial charge in [0.15, 0.2) is 15.6 Å². The first kappa shape index (κ1) is 18.8. The van der Waals surface area contributed by atoms with Gasteiger partial charge in [0.05, 0.1) is 16.3 Å². The molecular formula is C20H20N2O4S. The second-order valence-corrected chi connectivity index (χ2v) is 8.43. The molecule has 2 aromatic carbocycles. The highest BCUT2D eigenvalue weighted by Crippen LogP contribution is 2.13. The molecule has 0 atom stereocenters. The maximum Gasteiger partial charge on any atom is 0.332 e. The van der Waals surface area contributed by atoms with Crippen LogP contribution in [-0.2, 0) is 16.4 Å². The highest BCUT2D eigenvalue weighted by molar-refractivity contribution is 7.91. The van der Waals surface area contributed by atoms with Crippen molar-refractivity contribution in [1.82, 2.24) is 9.13 Å². The lowest BCUT2D eigenvalue weighted by molar-refractivity contribution is 0.101. The second-order valence-electron chi connectivity index (χ2n) is 6.32. The first-order valence-corrected chi connectivity index (χ1v) is 10.1. The van der Waals surface area contributed by atoms with E-state index in [0.717, 1.165) is 0 Å². The highest BCUT2D eigenvalue weighted by atomic mass is 32.2. The zero-order valence-electron chi connectivity index (χ0n) is 15.1. The number of hydrogen-bond acceptors (Lipinski definition) is 4. The molecule has 6 nitrogen and oxygen atoms in total. The Morgan fingerprint density at radius 2 is 1.63 bits per heavy atom. The van der Waals surface area contributed by atoms with Gasteiger partial charge >= 0.3 is 5.69 Å². The Hall–Kier alpha value is -2.93. The summed E-state index contributed by atoms with van der Waals surface area (Å²) in [7, 11) is -3.47. The number of hydrogen-bond donors (Lipinski definition) is 0. The van der Waals surface area contributed by atoms with Crippen LogP contribution in [0.15, 0.2) is 70.5 Å². The molecule has 0 spiro atoms. The first-order chi connectivity index (χ1) is 12.8. The smallest absolute Gasteiger partial charge is 0.298 e. The van der Waals surface area contributed by atoms with Crippen LogP contribution >= 0.6 is 0 Å². The summed E-state index contributed by atoms with van der Waals surface area (Å²) in [5, 5.41) is 0. The molecule has 0 amide bonds. The molecule has 0 bridgehead atoms. The molecule has 7 heteroatoms. The summed E-state index contributed by atoms with van der Waals surface area (Å²) in [5.74, 6) is -0.210. The molecule has 1 heterocycles. The Balaban J connectivity index is 1.86. The number of sulfone groups is 1. The number of aromatic nitrogens is 2. The minimum absolute atomic E-state index is 0.0469. The van der Waals surface area contributed by atoms with E-state index in [1.165, 1.54) is 16.1 Å². The minimum Gasteiger partial charge on any atom is -0.298 e. The predicted octanol–water partition coefficient (Wildman–Crippen LogP) is 2.62. The normalized spacial score (nSPS) is 11.5. The summed E-state index contributed by atoms with van der Waals surface area (Å²) in [6.45, 7) is 3.33. The van der Waals surface area contributed by atoms with Crippen molar-refractivity contribution >= 4 is 15.6 Å². The van der Waals surface area contributed by atoms with E-state index in [9.17, 15) is 18.0 Å². The zero-order chi connectivity index (χ0) is 19.6. The maximum absolute atomic E-state index is 12.7. The van der Waals surface area contributed by atoms with Crippen molar-refractivity contribution in [1.29, 1.82) is 0 Å². The Kier molecular flexibility index (Phi) is 5.14. The highest BCUT2D eigenvalue weighted by Gasteiger charge is 2.16. The van der Waals surface area contributed by atoms with Gasteiger partial charge in [-0.2, -0.15) is 0 Å². The van der Waals surface area contributed by atoms with E-state index in [1.54, 1.807) is 67.7 Å². The van der Waals surface area contributed by atoms with Crippen LogP contribution in [-0.4, -0.2) is 29.1 Å². The van der Waals surface area contributed by atoms with Crippen molar-refractivity contribution in [3.05, 3.63) is 82.5 Å². The lowest BCUT2D eigenvalue weighted by atomic mass is 10.1. The van der Waals surface area contributed by atoms with E-state index < -0.39 is 9.84 Å². The van der Waals surface area contributed by atoms with Gasteiger partial charge in [0, 0.05) is 24.0 Å². The molecule has 0 N–H and O–H groups in total. The Labute approximate surface area is 157 Å². The molecular weight excluding hydrogens is 364 g/mol. The van der Waals surface area contributed by atoms with E-state index in [4.69, 9.17) is 0 Å². The van der Waals surface area contributed by atoms with Crippen LogP contribution in [0.5, 0.6) is 0 Å². The molecule has 0 aliphatic carbocycles. The van der Waals surface area contributed by atoms with Gasteiger partial charge in [-0.25, -0.2) is 13.2 Å². The summed E-state index contributed by atoms with van der Waals surface area (Å²) in [5.41, 5.74) is 1.57. The molecule has 0 aliphatic heterocycles. The fourth-order valence-corrected chi connectivity index (χ4v) is 4.15. The second kappa shape index (κ2) is 7.36. The van der Waals surface area contributed by atoms with Crippen molar-refractivity contribution in [2.24, 2.45) is 0 Å². The van der Waals surface area contributed by atoms with Gasteiger partial charge in [-0.1, -0.05) is 18.2 Å². The van der Waals surface area contributed by atoms with E-state index in [0.29, 0.717) is 16.9 Å². The predicted molar refractivity (Wildman–Crippen MR) is 103 cm³/mol. The third-order valence-electron chi connectivity index (χ3n) is 4.37. The number of aryl methyl sites for hydroxylation is 2.